The number of carbonyl (C=O) groups is 2. The summed E-state index contributed by atoms with van der Waals surface area (Å²) in [5, 5.41) is 10.8. The third kappa shape index (κ3) is 7.93. The zero-order chi connectivity index (χ0) is 23.5. The van der Waals surface area contributed by atoms with E-state index in [-0.39, 0.29) is 35.1 Å². The number of nitrogens with one attached hydrogen (secondary N) is 1. The maximum absolute atomic E-state index is 12.2. The van der Waals surface area contributed by atoms with Crippen molar-refractivity contribution in [3.8, 4) is 5.75 Å². The number of pyridine rings is 1. The van der Waals surface area contributed by atoms with Crippen LogP contribution in [0.4, 0.5) is 27.8 Å². The molecule has 32 heavy (non-hydrogen) atoms. The van der Waals surface area contributed by atoms with Gasteiger partial charge in [0.2, 0.25) is 5.91 Å². The van der Waals surface area contributed by atoms with Gasteiger partial charge in [0, 0.05) is 0 Å². The SMILES string of the molecule is CC(C)OC(=O)Oc1ccccc1/N=N/c1ccc(NC(=O)[C@@H](N)CCCCN)nc1N. The topological polar surface area (TPSA) is 180 Å². The van der Waals surface area contributed by atoms with Crippen molar-refractivity contribution in [2.45, 2.75) is 45.3 Å². The molecule has 0 aliphatic carbocycles. The van der Waals surface area contributed by atoms with E-state index in [0.29, 0.717) is 18.7 Å². The molecule has 2 aromatic rings. The third-order valence-corrected chi connectivity index (χ3v) is 4.12. The van der Waals surface area contributed by atoms with Gasteiger partial charge in [-0.15, -0.1) is 10.2 Å². The average molecular weight is 444 g/mol. The maximum atomic E-state index is 12.2. The highest BCUT2D eigenvalue weighted by molar-refractivity contribution is 5.94. The number of amides is 1. The lowest BCUT2D eigenvalue weighted by molar-refractivity contribution is -0.117. The van der Waals surface area contributed by atoms with Crippen molar-refractivity contribution < 1.29 is 19.1 Å². The van der Waals surface area contributed by atoms with E-state index in [2.05, 4.69) is 20.5 Å². The summed E-state index contributed by atoms with van der Waals surface area (Å²) in [7, 11) is 0. The standard InChI is InChI=1S/C21H29N7O4/c1-13(2)31-21(30)32-17-9-4-3-8-15(17)27-28-16-10-11-18(25-19(16)24)26-20(29)14(23)7-5-6-12-22/h3-4,8-11,13-14H,5-7,12,22-23H2,1-2H3,(H3,24,25,26,29)/b28-27+/t14-/m0/s1. The van der Waals surface area contributed by atoms with E-state index in [4.69, 9.17) is 26.7 Å². The minimum absolute atomic E-state index is 0.0564. The molecule has 0 radical (unpaired) electrons. The molecule has 0 saturated carbocycles. The Labute approximate surface area is 186 Å². The van der Waals surface area contributed by atoms with Crippen LogP contribution in [0.3, 0.4) is 0 Å². The van der Waals surface area contributed by atoms with Gasteiger partial charge in [-0.05, 0) is 57.5 Å². The Morgan fingerprint density at radius 3 is 2.50 bits per heavy atom. The molecule has 0 spiro atoms. The zero-order valence-electron chi connectivity index (χ0n) is 18.2. The Hall–Kier alpha value is -3.57. The van der Waals surface area contributed by atoms with Crippen LogP contribution >= 0.6 is 0 Å². The van der Waals surface area contributed by atoms with Gasteiger partial charge in [-0.25, -0.2) is 9.78 Å². The molecule has 1 heterocycles. The second kappa shape index (κ2) is 12.3. The summed E-state index contributed by atoms with van der Waals surface area (Å²) in [6.07, 6.45) is 0.933. The molecule has 0 bridgehead atoms. The number of nitrogens with two attached hydrogens (primary N) is 3. The van der Waals surface area contributed by atoms with E-state index in [1.807, 2.05) is 0 Å². The first-order chi connectivity index (χ1) is 15.3. The first kappa shape index (κ1) is 24.7. The predicted octanol–water partition coefficient (Wildman–Crippen LogP) is 3.40. The van der Waals surface area contributed by atoms with E-state index in [1.165, 1.54) is 6.07 Å². The molecule has 0 aliphatic heterocycles. The van der Waals surface area contributed by atoms with E-state index in [9.17, 15) is 9.59 Å². The monoisotopic (exact) mass is 443 g/mol. The van der Waals surface area contributed by atoms with Gasteiger partial charge < -0.3 is 32.0 Å². The number of anilines is 2. The number of aromatic nitrogens is 1. The van der Waals surface area contributed by atoms with Crippen LogP contribution in [0.2, 0.25) is 0 Å². The lowest BCUT2D eigenvalue weighted by Crippen LogP contribution is -2.35. The lowest BCUT2D eigenvalue weighted by atomic mass is 10.1. The Bertz CT molecular complexity index is 949. The summed E-state index contributed by atoms with van der Waals surface area (Å²) in [5.41, 5.74) is 17.8. The molecule has 0 fully saturated rings. The van der Waals surface area contributed by atoms with Crippen LogP contribution < -0.4 is 27.3 Å². The van der Waals surface area contributed by atoms with Gasteiger partial charge in [-0.1, -0.05) is 18.6 Å². The first-order valence-corrected chi connectivity index (χ1v) is 10.2. The van der Waals surface area contributed by atoms with Crippen LogP contribution in [-0.4, -0.2) is 35.7 Å². The van der Waals surface area contributed by atoms with Gasteiger partial charge in [0.1, 0.15) is 17.2 Å². The first-order valence-electron chi connectivity index (χ1n) is 10.2. The van der Waals surface area contributed by atoms with Crippen molar-refractivity contribution in [1.82, 2.24) is 4.98 Å². The second-order valence-corrected chi connectivity index (χ2v) is 7.17. The second-order valence-electron chi connectivity index (χ2n) is 7.17. The van der Waals surface area contributed by atoms with Crippen molar-refractivity contribution in [2.75, 3.05) is 17.6 Å². The average Bonchev–Trinajstić information content (AvgIpc) is 2.73. The molecule has 0 saturated heterocycles. The number of hydrogen-bond donors (Lipinski definition) is 4. The molecule has 172 valence electrons. The molecule has 1 aromatic carbocycles. The van der Waals surface area contributed by atoms with Crippen molar-refractivity contribution >= 4 is 35.1 Å². The summed E-state index contributed by atoms with van der Waals surface area (Å²) in [5.74, 6) is 0.130. The lowest BCUT2D eigenvalue weighted by Gasteiger charge is -2.12. The fourth-order valence-corrected chi connectivity index (χ4v) is 2.52. The van der Waals surface area contributed by atoms with E-state index in [0.717, 1.165) is 12.8 Å². The Morgan fingerprint density at radius 1 is 1.09 bits per heavy atom. The molecule has 1 aromatic heterocycles. The largest absolute Gasteiger partial charge is 0.514 e. The van der Waals surface area contributed by atoms with Gasteiger partial charge >= 0.3 is 6.16 Å². The van der Waals surface area contributed by atoms with Gasteiger partial charge in [-0.2, -0.15) is 0 Å². The Morgan fingerprint density at radius 2 is 1.81 bits per heavy atom. The van der Waals surface area contributed by atoms with Crippen LogP contribution in [0.15, 0.2) is 46.6 Å². The van der Waals surface area contributed by atoms with Gasteiger partial charge in [0.15, 0.2) is 11.6 Å². The van der Waals surface area contributed by atoms with Crippen molar-refractivity contribution in [2.24, 2.45) is 21.7 Å². The molecule has 11 nitrogen and oxygen atoms in total. The molecule has 0 unspecified atom stereocenters. The molecule has 7 N–H and O–H groups in total. The number of nitrogen functional groups attached to an aromatic ring is 1. The van der Waals surface area contributed by atoms with Crippen LogP contribution in [-0.2, 0) is 9.53 Å². The normalized spacial score (nSPS) is 12.0. The van der Waals surface area contributed by atoms with Crippen LogP contribution in [0.25, 0.3) is 0 Å². The molecular weight excluding hydrogens is 414 g/mol. The van der Waals surface area contributed by atoms with Crippen molar-refractivity contribution in [3.63, 3.8) is 0 Å². The summed E-state index contributed by atoms with van der Waals surface area (Å²) in [4.78, 5) is 28.0. The van der Waals surface area contributed by atoms with Crippen molar-refractivity contribution in [3.05, 3.63) is 36.4 Å². The summed E-state index contributed by atoms with van der Waals surface area (Å²) in [6.45, 7) is 3.98. The van der Waals surface area contributed by atoms with Gasteiger partial charge in [0.05, 0.1) is 12.1 Å². The number of ether oxygens (including phenoxy) is 2. The van der Waals surface area contributed by atoms with E-state index >= 15 is 0 Å². The fourth-order valence-electron chi connectivity index (χ4n) is 2.52. The van der Waals surface area contributed by atoms with Gasteiger partial charge in [-0.3, -0.25) is 4.79 Å². The molecule has 0 aliphatic rings. The molecule has 1 amide bonds. The quantitative estimate of drug-likeness (QED) is 0.186. The number of carbonyl (C=O) groups excluding carboxylic acids is 2. The Balaban J connectivity index is 2.05. The number of unbranched alkanes of at least 4 members (excludes halogenated alkanes) is 1. The molecular formula is C21H29N7O4. The number of azo groups is 1. The number of para-hydroxylation sites is 1. The van der Waals surface area contributed by atoms with Gasteiger partial charge in [0.25, 0.3) is 0 Å². The van der Waals surface area contributed by atoms with E-state index < -0.39 is 12.2 Å². The highest BCUT2D eigenvalue weighted by atomic mass is 16.7. The fraction of sp³-hybridized carbons (Fsp3) is 0.381. The van der Waals surface area contributed by atoms with E-state index in [1.54, 1.807) is 44.2 Å². The molecule has 11 heteroatoms. The molecule has 1 atom stereocenters. The smallest absolute Gasteiger partial charge is 0.431 e. The number of rotatable bonds is 10. The van der Waals surface area contributed by atoms with Crippen LogP contribution in [0, 0.1) is 0 Å². The van der Waals surface area contributed by atoms with Crippen molar-refractivity contribution in [1.29, 1.82) is 0 Å². The zero-order valence-corrected chi connectivity index (χ0v) is 18.2. The highest BCUT2D eigenvalue weighted by Crippen LogP contribution is 2.30. The highest BCUT2D eigenvalue weighted by Gasteiger charge is 2.15. The summed E-state index contributed by atoms with van der Waals surface area (Å²) >= 11 is 0. The Kier molecular flexibility index (Phi) is 9.51. The molecule has 2 rings (SSSR count). The van der Waals surface area contributed by atoms with Crippen LogP contribution in [0.5, 0.6) is 5.75 Å². The maximum Gasteiger partial charge on any atom is 0.514 e. The number of hydrogen-bond acceptors (Lipinski definition) is 10. The number of benzene rings is 1. The van der Waals surface area contributed by atoms with Crippen LogP contribution in [0.1, 0.15) is 33.1 Å². The summed E-state index contributed by atoms with van der Waals surface area (Å²) in [6, 6.07) is 9.01. The number of nitrogens with zero attached hydrogens (tertiary/aromatic N) is 3. The third-order valence-electron chi connectivity index (χ3n) is 4.12. The predicted molar refractivity (Wildman–Crippen MR) is 121 cm³/mol. The minimum Gasteiger partial charge on any atom is -0.431 e. The minimum atomic E-state index is -0.842. The summed E-state index contributed by atoms with van der Waals surface area (Å²) < 4.78 is 10.1.